The number of carbonyl (C=O) groups is 2. The molecule has 10 atom stereocenters. The van der Waals surface area contributed by atoms with Gasteiger partial charge in [-0.05, 0) is 18.8 Å². The Hall–Kier alpha value is -1.44. The summed E-state index contributed by atoms with van der Waals surface area (Å²) in [7, 11) is 1.52. The number of rotatable bonds is 1. The summed E-state index contributed by atoms with van der Waals surface area (Å²) in [6.45, 7) is 5.59. The normalized spacial score (nSPS) is 58.7. The fourth-order valence-electron chi connectivity index (χ4n) is 6.91. The van der Waals surface area contributed by atoms with Crippen molar-refractivity contribution in [2.75, 3.05) is 7.11 Å². The summed E-state index contributed by atoms with van der Waals surface area (Å²) in [5.74, 6) is -2.80. The van der Waals surface area contributed by atoms with E-state index in [2.05, 4.69) is 0 Å². The number of carbonyl (C=O) groups excluding carboxylic acids is 2. The van der Waals surface area contributed by atoms with Crippen molar-refractivity contribution < 1.29 is 34.0 Å². The molecule has 5 fully saturated rings. The molecule has 3 aliphatic heterocycles. The zero-order valence-corrected chi connectivity index (χ0v) is 16.0. The van der Waals surface area contributed by atoms with Crippen molar-refractivity contribution in [3.05, 3.63) is 11.3 Å². The minimum Gasteiger partial charge on any atom is -0.511 e. The van der Waals surface area contributed by atoms with Crippen molar-refractivity contribution in [2.24, 2.45) is 29.6 Å². The molecular formula is C20H26O7. The standard InChI is InChI=1S/C20H26O7/c1-7-5-8(2)14(22)12-18(24)27-19-6-9(3)16-15(23)10(19)17(25-4)11(13(7)21)20(12,19)26-16/h7-11,15-17,22-23H,5-6H2,1-4H3/b14-12+/t7-,8+,9+,10?,11-,15-,16-,17+,19+,20-/m0/s1. The Morgan fingerprint density at radius 1 is 1.19 bits per heavy atom. The van der Waals surface area contributed by atoms with Gasteiger partial charge in [-0.3, -0.25) is 4.79 Å². The van der Waals surface area contributed by atoms with Gasteiger partial charge in [-0.1, -0.05) is 20.8 Å². The summed E-state index contributed by atoms with van der Waals surface area (Å²) in [6, 6.07) is 0. The Balaban J connectivity index is 1.86. The van der Waals surface area contributed by atoms with Crippen LogP contribution in [0.1, 0.15) is 33.6 Å². The number of Topliss-reactive ketones (excluding diaryl/α,β-unsaturated/α-hetero) is 1. The number of allylic oxidation sites excluding steroid dienone is 1. The largest absolute Gasteiger partial charge is 0.511 e. The highest BCUT2D eigenvalue weighted by Crippen LogP contribution is 2.71. The van der Waals surface area contributed by atoms with Gasteiger partial charge in [0, 0.05) is 18.9 Å². The number of hydrogen-bond donors (Lipinski definition) is 2. The molecule has 0 aromatic heterocycles. The van der Waals surface area contributed by atoms with Gasteiger partial charge in [0.25, 0.3) is 0 Å². The molecule has 2 saturated carbocycles. The van der Waals surface area contributed by atoms with Crippen LogP contribution in [0.4, 0.5) is 0 Å². The lowest BCUT2D eigenvalue weighted by molar-refractivity contribution is -0.302. The zero-order chi connectivity index (χ0) is 19.5. The Kier molecular flexibility index (Phi) is 3.35. The molecule has 1 unspecified atom stereocenters. The Labute approximate surface area is 157 Å². The Morgan fingerprint density at radius 2 is 1.89 bits per heavy atom. The lowest BCUT2D eigenvalue weighted by Gasteiger charge is -2.58. The van der Waals surface area contributed by atoms with Crippen LogP contribution in [-0.2, 0) is 23.8 Å². The first-order chi connectivity index (χ1) is 12.7. The van der Waals surface area contributed by atoms with Crippen LogP contribution in [0.25, 0.3) is 0 Å². The first kappa shape index (κ1) is 17.6. The van der Waals surface area contributed by atoms with Crippen LogP contribution in [0.5, 0.6) is 0 Å². The van der Waals surface area contributed by atoms with E-state index in [4.69, 9.17) is 14.2 Å². The van der Waals surface area contributed by atoms with Crippen LogP contribution in [0.3, 0.4) is 0 Å². The predicted octanol–water partition coefficient (Wildman–Crippen LogP) is 1.14. The molecule has 3 aliphatic carbocycles. The smallest absolute Gasteiger partial charge is 0.341 e. The van der Waals surface area contributed by atoms with E-state index in [0.717, 1.165) is 0 Å². The van der Waals surface area contributed by atoms with Crippen molar-refractivity contribution in [3.8, 4) is 0 Å². The van der Waals surface area contributed by atoms with E-state index in [1.54, 1.807) is 6.92 Å². The molecule has 3 heterocycles. The first-order valence-electron chi connectivity index (χ1n) is 9.80. The fourth-order valence-corrected chi connectivity index (χ4v) is 6.91. The lowest BCUT2D eigenvalue weighted by Crippen LogP contribution is -2.72. The summed E-state index contributed by atoms with van der Waals surface area (Å²) >= 11 is 0. The van der Waals surface area contributed by atoms with Crippen molar-refractivity contribution >= 4 is 11.8 Å². The SMILES string of the molecule is CO[C@@H]1C2[C@H](O)[C@H]3O[C@]45/C(=C(/O)[C@H](C)C[C@H](C)C(=O)[C@@H]14)C(=O)O[C@]25C[C@H]3C. The third-order valence-corrected chi connectivity index (χ3v) is 7.84. The van der Waals surface area contributed by atoms with E-state index in [-0.39, 0.29) is 34.9 Å². The molecule has 0 aromatic carbocycles. The molecule has 6 aliphatic rings. The second-order valence-electron chi connectivity index (χ2n) is 9.17. The van der Waals surface area contributed by atoms with E-state index >= 15 is 0 Å². The number of ether oxygens (including phenoxy) is 3. The van der Waals surface area contributed by atoms with Crippen LogP contribution < -0.4 is 0 Å². The maximum Gasteiger partial charge on any atom is 0.341 e. The molecule has 27 heavy (non-hydrogen) atoms. The molecule has 148 valence electrons. The number of aliphatic hydroxyl groups excluding tert-OH is 2. The number of hydrogen-bond acceptors (Lipinski definition) is 7. The number of aliphatic hydroxyl groups is 2. The van der Waals surface area contributed by atoms with E-state index in [1.165, 1.54) is 7.11 Å². The molecule has 4 bridgehead atoms. The third kappa shape index (κ3) is 1.67. The van der Waals surface area contributed by atoms with Crippen LogP contribution in [-0.4, -0.2) is 58.6 Å². The van der Waals surface area contributed by atoms with Gasteiger partial charge >= 0.3 is 5.97 Å². The van der Waals surface area contributed by atoms with E-state index in [9.17, 15) is 19.8 Å². The minimum absolute atomic E-state index is 0.0391. The molecule has 7 nitrogen and oxygen atoms in total. The van der Waals surface area contributed by atoms with Gasteiger partial charge in [-0.2, -0.15) is 0 Å². The highest BCUT2D eigenvalue weighted by molar-refractivity contribution is 6.00. The van der Waals surface area contributed by atoms with E-state index in [1.807, 2.05) is 13.8 Å². The maximum absolute atomic E-state index is 13.5. The minimum atomic E-state index is -1.38. The average Bonchev–Trinajstić information content (AvgIpc) is 2.94. The number of fused-ring (bicyclic) bond motifs is 1. The molecule has 6 rings (SSSR count). The average molecular weight is 378 g/mol. The molecule has 2 spiro atoms. The van der Waals surface area contributed by atoms with Crippen molar-refractivity contribution in [1.82, 2.24) is 0 Å². The third-order valence-electron chi connectivity index (χ3n) is 7.84. The van der Waals surface area contributed by atoms with Crippen molar-refractivity contribution in [2.45, 2.75) is 63.1 Å². The fraction of sp³-hybridized carbons (Fsp3) is 0.800. The maximum atomic E-state index is 13.5. The van der Waals surface area contributed by atoms with Gasteiger partial charge in [-0.15, -0.1) is 0 Å². The molecule has 0 radical (unpaired) electrons. The van der Waals surface area contributed by atoms with Gasteiger partial charge < -0.3 is 24.4 Å². The lowest BCUT2D eigenvalue weighted by atomic mass is 9.59. The molecule has 0 amide bonds. The van der Waals surface area contributed by atoms with Crippen LogP contribution in [0.2, 0.25) is 0 Å². The summed E-state index contributed by atoms with van der Waals surface area (Å²) < 4.78 is 18.1. The Morgan fingerprint density at radius 3 is 2.56 bits per heavy atom. The quantitative estimate of drug-likeness (QED) is 0.660. The van der Waals surface area contributed by atoms with Gasteiger partial charge in [0.15, 0.2) is 11.2 Å². The number of esters is 1. The van der Waals surface area contributed by atoms with Gasteiger partial charge in [0.2, 0.25) is 0 Å². The summed E-state index contributed by atoms with van der Waals surface area (Å²) in [5, 5.41) is 22.0. The van der Waals surface area contributed by atoms with Crippen LogP contribution in [0, 0.1) is 29.6 Å². The number of methoxy groups -OCH3 is 1. The number of ketones is 1. The predicted molar refractivity (Wildman–Crippen MR) is 91.6 cm³/mol. The first-order valence-corrected chi connectivity index (χ1v) is 9.80. The summed E-state index contributed by atoms with van der Waals surface area (Å²) in [6.07, 6.45) is -1.14. The topological polar surface area (TPSA) is 102 Å². The summed E-state index contributed by atoms with van der Waals surface area (Å²) in [5.41, 5.74) is -2.48. The van der Waals surface area contributed by atoms with Crippen molar-refractivity contribution in [3.63, 3.8) is 0 Å². The molecule has 7 heteroatoms. The zero-order valence-electron chi connectivity index (χ0n) is 16.0. The molecule has 2 N–H and O–H groups in total. The van der Waals surface area contributed by atoms with Gasteiger partial charge in [-0.25, -0.2) is 4.79 Å². The van der Waals surface area contributed by atoms with Gasteiger partial charge in [0.1, 0.15) is 17.1 Å². The highest BCUT2D eigenvalue weighted by atomic mass is 16.6. The Bertz CT molecular complexity index is 774. The van der Waals surface area contributed by atoms with Crippen molar-refractivity contribution in [1.29, 1.82) is 0 Å². The highest BCUT2D eigenvalue weighted by Gasteiger charge is 2.87. The van der Waals surface area contributed by atoms with Gasteiger partial charge in [0.05, 0.1) is 30.1 Å². The molecule has 3 saturated heterocycles. The van der Waals surface area contributed by atoms with Crippen LogP contribution in [0.15, 0.2) is 11.3 Å². The van der Waals surface area contributed by atoms with E-state index < -0.39 is 47.3 Å². The summed E-state index contributed by atoms with van der Waals surface area (Å²) in [4.78, 5) is 26.5. The molecular weight excluding hydrogens is 352 g/mol. The second kappa shape index (κ2) is 5.13. The van der Waals surface area contributed by atoms with Crippen LogP contribution >= 0.6 is 0 Å². The molecule has 0 aromatic rings. The van der Waals surface area contributed by atoms with E-state index in [0.29, 0.717) is 12.8 Å². The second-order valence-corrected chi connectivity index (χ2v) is 9.17. The monoisotopic (exact) mass is 378 g/mol.